The van der Waals surface area contributed by atoms with Crippen LogP contribution in [-0.4, -0.2) is 0 Å². The third-order valence-corrected chi connectivity index (χ3v) is 15.4. The Hall–Kier alpha value is -9.44. The van der Waals surface area contributed by atoms with Crippen molar-refractivity contribution in [3.63, 3.8) is 0 Å². The standard InChI is InChI=1S/C69H44N2O/c1-3-19-46(20-4-1)54-39-35-47-21-9-10-25-53(47)67(54)71(49-23-5-2-6-24-49)52-38-41-58-56-27-12-15-31-62(56)69(64(58)44-52)61-30-14-11-26-55(61)57-40-37-51(43-63(57)69)70(50-36-34-45-18-7-8-22-48(45)42-50)65-32-17-29-60-59-28-13-16-33-66(59)72-68(60)65/h1-44H. The molecule has 0 radical (unpaired) electrons. The van der Waals surface area contributed by atoms with Crippen molar-refractivity contribution >= 4 is 77.6 Å². The van der Waals surface area contributed by atoms with Crippen molar-refractivity contribution in [1.29, 1.82) is 0 Å². The van der Waals surface area contributed by atoms with Crippen LogP contribution in [0.3, 0.4) is 0 Å². The summed E-state index contributed by atoms with van der Waals surface area (Å²) < 4.78 is 6.85. The summed E-state index contributed by atoms with van der Waals surface area (Å²) in [5.74, 6) is 0. The largest absolute Gasteiger partial charge is 0.454 e. The zero-order valence-corrected chi connectivity index (χ0v) is 39.2. The van der Waals surface area contributed by atoms with E-state index in [4.69, 9.17) is 4.42 Å². The summed E-state index contributed by atoms with van der Waals surface area (Å²) in [6.07, 6.45) is 0. The molecule has 3 nitrogen and oxygen atoms in total. The first kappa shape index (κ1) is 40.4. The third-order valence-electron chi connectivity index (χ3n) is 15.4. The molecule has 0 aliphatic heterocycles. The Labute approximate surface area is 417 Å². The molecule has 1 aromatic heterocycles. The van der Waals surface area contributed by atoms with E-state index in [1.165, 1.54) is 77.2 Å². The highest BCUT2D eigenvalue weighted by molar-refractivity contribution is 6.11. The van der Waals surface area contributed by atoms with Crippen LogP contribution >= 0.6 is 0 Å². The van der Waals surface area contributed by atoms with Crippen LogP contribution < -0.4 is 9.80 Å². The molecule has 72 heavy (non-hydrogen) atoms. The Balaban J connectivity index is 1.01. The van der Waals surface area contributed by atoms with Crippen molar-refractivity contribution in [3.05, 3.63) is 289 Å². The lowest BCUT2D eigenvalue weighted by Crippen LogP contribution is -2.26. The van der Waals surface area contributed by atoms with Gasteiger partial charge in [0, 0.05) is 44.5 Å². The Morgan fingerprint density at radius 2 is 0.806 bits per heavy atom. The molecule has 336 valence electrons. The summed E-state index contributed by atoms with van der Waals surface area (Å²) in [5, 5.41) is 6.96. The molecule has 13 aromatic rings. The maximum atomic E-state index is 6.85. The molecule has 1 unspecified atom stereocenters. The molecule has 0 amide bonds. The average Bonchev–Trinajstić information content (AvgIpc) is 4.08. The van der Waals surface area contributed by atoms with E-state index in [-0.39, 0.29) is 0 Å². The number of anilines is 6. The number of nitrogens with zero attached hydrogens (tertiary/aromatic N) is 2. The molecule has 12 aromatic carbocycles. The normalized spacial score (nSPS) is 14.2. The second-order valence-electron chi connectivity index (χ2n) is 19.1. The van der Waals surface area contributed by atoms with Gasteiger partial charge in [0.1, 0.15) is 5.58 Å². The number of benzene rings is 12. The molecular formula is C69H44N2O. The summed E-state index contributed by atoms with van der Waals surface area (Å²) >= 11 is 0. The van der Waals surface area contributed by atoms with Crippen LogP contribution in [0.5, 0.6) is 0 Å². The van der Waals surface area contributed by atoms with E-state index in [9.17, 15) is 0 Å². The zero-order chi connectivity index (χ0) is 47.3. The molecule has 1 heterocycles. The number of hydrogen-bond donors (Lipinski definition) is 0. The molecule has 1 atom stereocenters. The molecule has 15 rings (SSSR count). The second-order valence-corrected chi connectivity index (χ2v) is 19.1. The number of rotatable bonds is 7. The molecule has 0 N–H and O–H groups in total. The van der Waals surface area contributed by atoms with Crippen molar-refractivity contribution in [2.24, 2.45) is 0 Å². The monoisotopic (exact) mass is 916 g/mol. The summed E-state index contributed by atoms with van der Waals surface area (Å²) in [7, 11) is 0. The van der Waals surface area contributed by atoms with Crippen molar-refractivity contribution in [2.45, 2.75) is 5.41 Å². The van der Waals surface area contributed by atoms with Gasteiger partial charge in [-0.05, 0) is 127 Å². The molecule has 0 bridgehead atoms. The van der Waals surface area contributed by atoms with E-state index in [0.29, 0.717) is 0 Å². The minimum absolute atomic E-state index is 0.645. The van der Waals surface area contributed by atoms with Gasteiger partial charge < -0.3 is 14.2 Å². The maximum Gasteiger partial charge on any atom is 0.159 e. The minimum Gasteiger partial charge on any atom is -0.454 e. The van der Waals surface area contributed by atoms with Crippen LogP contribution in [0, 0.1) is 0 Å². The maximum absolute atomic E-state index is 6.85. The fraction of sp³-hybridized carbons (Fsp3) is 0.0145. The Kier molecular flexibility index (Phi) is 8.87. The Morgan fingerprint density at radius 3 is 1.54 bits per heavy atom. The van der Waals surface area contributed by atoms with Gasteiger partial charge in [0.2, 0.25) is 0 Å². The summed E-state index contributed by atoms with van der Waals surface area (Å²) in [6, 6.07) is 98.1. The van der Waals surface area contributed by atoms with Crippen LogP contribution in [0.1, 0.15) is 22.3 Å². The first-order chi connectivity index (χ1) is 35.7. The molecule has 2 aliphatic carbocycles. The molecule has 3 heteroatoms. The van der Waals surface area contributed by atoms with Gasteiger partial charge in [0.15, 0.2) is 5.58 Å². The lowest BCUT2D eigenvalue weighted by Gasteiger charge is -2.34. The van der Waals surface area contributed by atoms with Gasteiger partial charge >= 0.3 is 0 Å². The number of furan rings is 1. The van der Waals surface area contributed by atoms with Gasteiger partial charge in [-0.3, -0.25) is 0 Å². The fourth-order valence-electron chi connectivity index (χ4n) is 12.4. The third kappa shape index (κ3) is 5.85. The first-order valence-corrected chi connectivity index (χ1v) is 24.8. The predicted octanol–water partition coefficient (Wildman–Crippen LogP) is 18.8. The minimum atomic E-state index is -0.645. The average molecular weight is 917 g/mol. The topological polar surface area (TPSA) is 19.6 Å². The van der Waals surface area contributed by atoms with Crippen molar-refractivity contribution < 1.29 is 4.42 Å². The van der Waals surface area contributed by atoms with Gasteiger partial charge in [-0.15, -0.1) is 0 Å². The smallest absolute Gasteiger partial charge is 0.159 e. The number of para-hydroxylation sites is 3. The van der Waals surface area contributed by atoms with E-state index in [0.717, 1.165) is 56.1 Å². The highest BCUT2D eigenvalue weighted by atomic mass is 16.3. The Bertz CT molecular complexity index is 4290. The van der Waals surface area contributed by atoms with Gasteiger partial charge in [0.25, 0.3) is 0 Å². The SMILES string of the molecule is c1ccc(-c2ccc3ccccc3c2N(c2ccccc2)c2ccc3c(c2)C2(c4ccccc4-3)c3ccccc3-c3ccc(N(c4ccc5ccccc5c4)c4cccc5c4oc4ccccc45)cc32)cc1. The Morgan fingerprint density at radius 1 is 0.292 bits per heavy atom. The van der Waals surface area contributed by atoms with Gasteiger partial charge in [-0.1, -0.05) is 206 Å². The highest BCUT2D eigenvalue weighted by Gasteiger charge is 2.52. The molecule has 2 aliphatic rings. The summed E-state index contributed by atoms with van der Waals surface area (Å²) in [6.45, 7) is 0. The zero-order valence-electron chi connectivity index (χ0n) is 39.2. The molecule has 0 saturated heterocycles. The van der Waals surface area contributed by atoms with Crippen LogP contribution in [0.4, 0.5) is 34.1 Å². The van der Waals surface area contributed by atoms with E-state index < -0.39 is 5.41 Å². The van der Waals surface area contributed by atoms with Crippen LogP contribution in [0.25, 0.3) is 76.9 Å². The van der Waals surface area contributed by atoms with Gasteiger partial charge in [-0.25, -0.2) is 0 Å². The van der Waals surface area contributed by atoms with Crippen molar-refractivity contribution in [1.82, 2.24) is 0 Å². The van der Waals surface area contributed by atoms with Crippen LogP contribution in [0.2, 0.25) is 0 Å². The van der Waals surface area contributed by atoms with E-state index >= 15 is 0 Å². The second kappa shape index (κ2) is 15.8. The molecular weight excluding hydrogens is 873 g/mol. The summed E-state index contributed by atoms with van der Waals surface area (Å²) in [4.78, 5) is 4.91. The van der Waals surface area contributed by atoms with Crippen LogP contribution in [0.15, 0.2) is 271 Å². The summed E-state index contributed by atoms with van der Waals surface area (Å²) in [5.41, 5.74) is 20.0. The molecule has 1 spiro atoms. The van der Waals surface area contributed by atoms with Crippen molar-refractivity contribution in [2.75, 3.05) is 9.80 Å². The quantitative estimate of drug-likeness (QED) is 0.159. The predicted molar refractivity (Wildman–Crippen MR) is 300 cm³/mol. The fourth-order valence-corrected chi connectivity index (χ4v) is 12.4. The van der Waals surface area contributed by atoms with Gasteiger partial charge in [-0.2, -0.15) is 0 Å². The number of hydrogen-bond acceptors (Lipinski definition) is 3. The van der Waals surface area contributed by atoms with E-state index in [1.54, 1.807) is 0 Å². The molecule has 0 saturated carbocycles. The number of fused-ring (bicyclic) bond motifs is 15. The lowest BCUT2D eigenvalue weighted by atomic mass is 9.70. The van der Waals surface area contributed by atoms with Crippen LogP contribution in [-0.2, 0) is 5.41 Å². The lowest BCUT2D eigenvalue weighted by molar-refractivity contribution is 0.669. The van der Waals surface area contributed by atoms with Crippen molar-refractivity contribution in [3.8, 4) is 33.4 Å². The van der Waals surface area contributed by atoms with E-state index in [1.807, 2.05) is 0 Å². The van der Waals surface area contributed by atoms with E-state index in [2.05, 4.69) is 277 Å². The highest BCUT2D eigenvalue weighted by Crippen LogP contribution is 2.64. The molecule has 0 fully saturated rings. The van der Waals surface area contributed by atoms with Gasteiger partial charge in [0.05, 0.1) is 16.8 Å². The first-order valence-electron chi connectivity index (χ1n) is 24.8.